The van der Waals surface area contributed by atoms with Crippen LogP contribution in [0.3, 0.4) is 0 Å². The van der Waals surface area contributed by atoms with Crippen molar-refractivity contribution >= 4 is 17.7 Å². The van der Waals surface area contributed by atoms with Crippen molar-refractivity contribution in [2.45, 2.75) is 20.8 Å². The predicted octanol–water partition coefficient (Wildman–Crippen LogP) is 2.51. The summed E-state index contributed by atoms with van der Waals surface area (Å²) in [6.45, 7) is 6.64. The lowest BCUT2D eigenvalue weighted by molar-refractivity contribution is -0.142. The molecule has 1 aliphatic heterocycles. The second kappa shape index (κ2) is 5.76. The van der Waals surface area contributed by atoms with Gasteiger partial charge in [0.05, 0.1) is 5.92 Å². The van der Waals surface area contributed by atoms with Gasteiger partial charge < -0.3 is 10.0 Å². The molecule has 114 valence electrons. The van der Waals surface area contributed by atoms with Crippen LogP contribution in [0.2, 0.25) is 0 Å². The zero-order chi connectivity index (χ0) is 15.7. The quantitative estimate of drug-likeness (QED) is 0.910. The number of anilines is 1. The number of carbonyl (C=O) groups is 2. The normalized spacial score (nSPS) is 21.4. The van der Waals surface area contributed by atoms with Crippen LogP contribution in [0.15, 0.2) is 18.2 Å². The summed E-state index contributed by atoms with van der Waals surface area (Å²) in [5.41, 5.74) is 3.04. The van der Waals surface area contributed by atoms with Crippen LogP contribution in [-0.4, -0.2) is 42.1 Å². The highest BCUT2D eigenvalue weighted by molar-refractivity contribution is 5.92. The van der Waals surface area contributed by atoms with Crippen molar-refractivity contribution in [2.75, 3.05) is 25.0 Å². The number of carboxylic acids is 1. The van der Waals surface area contributed by atoms with Gasteiger partial charge in [-0.2, -0.15) is 0 Å². The largest absolute Gasteiger partial charge is 0.481 e. The minimum atomic E-state index is -0.827. The molecule has 1 N–H and O–H groups in total. The van der Waals surface area contributed by atoms with Gasteiger partial charge in [0.1, 0.15) is 0 Å². The molecule has 1 heterocycles. The van der Waals surface area contributed by atoms with Crippen LogP contribution >= 0.6 is 0 Å². The molecule has 0 aliphatic carbocycles. The van der Waals surface area contributed by atoms with Gasteiger partial charge in [-0.15, -0.1) is 0 Å². The number of aryl methyl sites for hydroxylation is 2. The van der Waals surface area contributed by atoms with E-state index in [4.69, 9.17) is 5.11 Å². The molecule has 5 heteroatoms. The molecule has 0 radical (unpaired) electrons. The van der Waals surface area contributed by atoms with Crippen LogP contribution < -0.4 is 4.90 Å². The van der Waals surface area contributed by atoms with Crippen molar-refractivity contribution in [3.63, 3.8) is 0 Å². The Labute approximate surface area is 125 Å². The summed E-state index contributed by atoms with van der Waals surface area (Å²) in [4.78, 5) is 26.9. The maximum atomic E-state index is 12.5. The number of urea groups is 1. The van der Waals surface area contributed by atoms with E-state index < -0.39 is 11.9 Å². The molecule has 5 nitrogen and oxygen atoms in total. The number of hydrogen-bond acceptors (Lipinski definition) is 2. The Bertz CT molecular complexity index is 550. The van der Waals surface area contributed by atoms with Crippen molar-refractivity contribution < 1.29 is 14.7 Å². The second-order valence-corrected chi connectivity index (χ2v) is 6.01. The van der Waals surface area contributed by atoms with Gasteiger partial charge in [-0.25, -0.2) is 4.79 Å². The second-order valence-electron chi connectivity index (χ2n) is 6.01. The molecule has 0 aromatic heterocycles. The topological polar surface area (TPSA) is 60.9 Å². The summed E-state index contributed by atoms with van der Waals surface area (Å²) in [5, 5.41) is 9.16. The highest BCUT2D eigenvalue weighted by atomic mass is 16.4. The van der Waals surface area contributed by atoms with Crippen LogP contribution in [0.1, 0.15) is 18.1 Å². The number of benzene rings is 1. The molecular formula is C16H22N2O3. The van der Waals surface area contributed by atoms with Crippen LogP contribution in [0.5, 0.6) is 0 Å². The van der Waals surface area contributed by atoms with Gasteiger partial charge in [0.15, 0.2) is 0 Å². The van der Waals surface area contributed by atoms with Crippen LogP contribution in [0, 0.1) is 25.7 Å². The minimum absolute atomic E-state index is 0.0147. The molecule has 2 rings (SSSR count). The molecular weight excluding hydrogens is 268 g/mol. The first-order valence-electron chi connectivity index (χ1n) is 7.13. The van der Waals surface area contributed by atoms with Gasteiger partial charge in [-0.3, -0.25) is 9.69 Å². The van der Waals surface area contributed by atoms with Gasteiger partial charge in [0, 0.05) is 25.8 Å². The van der Waals surface area contributed by atoms with Gasteiger partial charge in [-0.1, -0.05) is 13.0 Å². The van der Waals surface area contributed by atoms with E-state index in [9.17, 15) is 9.59 Å². The third-order valence-corrected chi connectivity index (χ3v) is 4.08. The Morgan fingerprint density at radius 1 is 1.19 bits per heavy atom. The third kappa shape index (κ3) is 3.17. The summed E-state index contributed by atoms with van der Waals surface area (Å²) in [7, 11) is 1.73. The van der Waals surface area contributed by atoms with E-state index in [1.165, 1.54) is 0 Å². The molecule has 2 amide bonds. The Hall–Kier alpha value is -2.04. The van der Waals surface area contributed by atoms with E-state index >= 15 is 0 Å². The summed E-state index contributed by atoms with van der Waals surface area (Å²) in [6, 6.07) is 5.83. The maximum Gasteiger partial charge on any atom is 0.324 e. The maximum absolute atomic E-state index is 12.5. The number of amides is 2. The third-order valence-electron chi connectivity index (χ3n) is 4.08. The molecule has 0 spiro atoms. The summed E-state index contributed by atoms with van der Waals surface area (Å²) in [6.07, 6.45) is 0. The van der Waals surface area contributed by atoms with Crippen LogP contribution in [0.4, 0.5) is 10.5 Å². The predicted molar refractivity (Wildman–Crippen MR) is 81.6 cm³/mol. The lowest BCUT2D eigenvalue weighted by Gasteiger charge is -2.25. The van der Waals surface area contributed by atoms with Crippen LogP contribution in [0.25, 0.3) is 0 Å². The fourth-order valence-electron chi connectivity index (χ4n) is 2.91. The summed E-state index contributed by atoms with van der Waals surface area (Å²) in [5.74, 6) is -1.31. The van der Waals surface area contributed by atoms with Crippen molar-refractivity contribution in [1.82, 2.24) is 4.90 Å². The average Bonchev–Trinajstić information content (AvgIpc) is 2.78. The highest BCUT2D eigenvalue weighted by Crippen LogP contribution is 2.26. The number of rotatable bonds is 2. The Morgan fingerprint density at radius 3 is 2.24 bits per heavy atom. The average molecular weight is 290 g/mol. The van der Waals surface area contributed by atoms with Gasteiger partial charge in [0.25, 0.3) is 0 Å². The van der Waals surface area contributed by atoms with Crippen molar-refractivity contribution in [2.24, 2.45) is 11.8 Å². The smallest absolute Gasteiger partial charge is 0.324 e. The highest BCUT2D eigenvalue weighted by Gasteiger charge is 2.38. The lowest BCUT2D eigenvalue weighted by atomic mass is 9.99. The van der Waals surface area contributed by atoms with E-state index in [-0.39, 0.29) is 18.5 Å². The molecule has 1 saturated heterocycles. The first kappa shape index (κ1) is 15.4. The van der Waals surface area contributed by atoms with Gasteiger partial charge in [-0.05, 0) is 43.0 Å². The lowest BCUT2D eigenvalue weighted by Crippen LogP contribution is -2.40. The fraction of sp³-hybridized carbons (Fsp3) is 0.500. The van der Waals surface area contributed by atoms with Gasteiger partial charge in [0.2, 0.25) is 0 Å². The number of likely N-dealkylation sites (tertiary alicyclic amines) is 1. The molecule has 1 fully saturated rings. The standard InChI is InChI=1S/C16H22N2O3/c1-10-5-11(2)7-13(6-10)17(4)16(21)18-8-12(3)14(9-18)15(19)20/h5-7,12,14H,8-9H2,1-4H3,(H,19,20)/t12-,14-/m1/s1. The zero-order valence-corrected chi connectivity index (χ0v) is 13.0. The first-order valence-corrected chi connectivity index (χ1v) is 7.13. The Kier molecular flexibility index (Phi) is 4.21. The van der Waals surface area contributed by atoms with E-state index in [1.54, 1.807) is 16.8 Å². The molecule has 21 heavy (non-hydrogen) atoms. The van der Waals surface area contributed by atoms with Gasteiger partial charge >= 0.3 is 12.0 Å². The van der Waals surface area contributed by atoms with Crippen molar-refractivity contribution in [3.05, 3.63) is 29.3 Å². The number of carbonyl (C=O) groups excluding carboxylic acids is 1. The summed E-state index contributed by atoms with van der Waals surface area (Å²) >= 11 is 0. The Balaban J connectivity index is 2.15. The number of aliphatic carboxylic acids is 1. The molecule has 0 unspecified atom stereocenters. The summed E-state index contributed by atoms with van der Waals surface area (Å²) < 4.78 is 0. The van der Waals surface area contributed by atoms with E-state index in [1.807, 2.05) is 32.9 Å². The molecule has 1 aromatic carbocycles. The SMILES string of the molecule is Cc1cc(C)cc(N(C)C(=O)N2C[C@@H](C)[C@H](C(=O)O)C2)c1. The number of hydrogen-bond donors (Lipinski definition) is 1. The van der Waals surface area contributed by atoms with Crippen LogP contribution in [-0.2, 0) is 4.79 Å². The molecule has 0 bridgehead atoms. The van der Waals surface area contributed by atoms with E-state index in [2.05, 4.69) is 6.07 Å². The first-order chi connectivity index (χ1) is 9.79. The monoisotopic (exact) mass is 290 g/mol. The molecule has 1 aliphatic rings. The molecule has 0 saturated carbocycles. The minimum Gasteiger partial charge on any atom is -0.481 e. The van der Waals surface area contributed by atoms with Crippen molar-refractivity contribution in [3.8, 4) is 0 Å². The number of nitrogens with zero attached hydrogens (tertiary/aromatic N) is 2. The van der Waals surface area contributed by atoms with E-state index in [0.717, 1.165) is 16.8 Å². The molecule has 1 aromatic rings. The fourth-order valence-corrected chi connectivity index (χ4v) is 2.91. The van der Waals surface area contributed by atoms with Crippen molar-refractivity contribution in [1.29, 1.82) is 0 Å². The Morgan fingerprint density at radius 2 is 1.76 bits per heavy atom. The van der Waals surface area contributed by atoms with E-state index in [0.29, 0.717) is 6.54 Å². The number of carboxylic acid groups (broad SMARTS) is 1. The zero-order valence-electron chi connectivity index (χ0n) is 13.0. The molecule has 2 atom stereocenters.